The minimum atomic E-state index is -2.44. The monoisotopic (exact) mass is 421 g/mol. The fourth-order valence-electron chi connectivity index (χ4n) is 5.05. The fourth-order valence-corrected chi connectivity index (χ4v) is 5.05. The molecule has 8 atom stereocenters. The zero-order chi connectivity index (χ0) is 24.6. The van der Waals surface area contributed by atoms with Gasteiger partial charge in [0.05, 0.1) is 17.9 Å². The van der Waals surface area contributed by atoms with Gasteiger partial charge in [-0.25, -0.2) is 0 Å². The molecule has 1 unspecified atom stereocenters. The van der Waals surface area contributed by atoms with Crippen LogP contribution >= 0.6 is 0 Å². The van der Waals surface area contributed by atoms with Crippen LogP contribution in [-0.4, -0.2) is 35.4 Å². The van der Waals surface area contributed by atoms with Crippen molar-refractivity contribution in [1.29, 1.82) is 0 Å². The third-order valence-corrected chi connectivity index (χ3v) is 7.07. The molecule has 0 amide bonds. The van der Waals surface area contributed by atoms with Gasteiger partial charge in [-0.2, -0.15) is 0 Å². The van der Waals surface area contributed by atoms with Crippen LogP contribution in [0.15, 0.2) is 23.8 Å². The molecule has 0 aromatic rings. The highest BCUT2D eigenvalue weighted by molar-refractivity contribution is 5.76. The highest BCUT2D eigenvalue weighted by Crippen LogP contribution is 2.45. The van der Waals surface area contributed by atoms with E-state index < -0.39 is 30.4 Å². The van der Waals surface area contributed by atoms with Crippen LogP contribution in [-0.2, 0) is 19.1 Å². The second-order valence-corrected chi connectivity index (χ2v) is 9.70. The maximum absolute atomic E-state index is 13.2. The van der Waals surface area contributed by atoms with Crippen molar-refractivity contribution in [3.05, 3.63) is 23.8 Å². The van der Waals surface area contributed by atoms with E-state index in [0.717, 1.165) is 12.0 Å². The van der Waals surface area contributed by atoms with Gasteiger partial charge in [0.1, 0.15) is 12.2 Å². The van der Waals surface area contributed by atoms with Crippen LogP contribution in [0.4, 0.5) is 0 Å². The molecule has 5 heteroatoms. The number of carbonyl (C=O) groups excluding carboxylic acids is 2. The van der Waals surface area contributed by atoms with E-state index in [1.165, 1.54) is 6.92 Å². The normalized spacial score (nSPS) is 40.0. The number of fused-ring (bicyclic) bond motifs is 1. The zero-order valence-electron chi connectivity index (χ0n) is 21.6. The van der Waals surface area contributed by atoms with E-state index in [1.54, 1.807) is 6.92 Å². The molecule has 0 spiro atoms. The van der Waals surface area contributed by atoms with Gasteiger partial charge in [-0.05, 0) is 62.8 Å². The quantitative estimate of drug-likeness (QED) is 0.635. The lowest BCUT2D eigenvalue weighted by Gasteiger charge is -2.44. The first kappa shape index (κ1) is 19.1. The summed E-state index contributed by atoms with van der Waals surface area (Å²) >= 11 is 0. The molecule has 0 aromatic carbocycles. The van der Waals surface area contributed by atoms with Crippen molar-refractivity contribution in [2.24, 2.45) is 29.1 Å². The summed E-state index contributed by atoms with van der Waals surface area (Å²) in [6.07, 6.45) is 7.82. The minimum absolute atomic E-state index is 0.0351. The Morgan fingerprint density at radius 2 is 2.13 bits per heavy atom. The lowest BCUT2D eigenvalue weighted by molar-refractivity contribution is -0.166. The Bertz CT molecular complexity index is 804. The Kier molecular flexibility index (Phi) is 5.89. The summed E-state index contributed by atoms with van der Waals surface area (Å²) in [5.41, 5.74) is -0.419. The summed E-state index contributed by atoms with van der Waals surface area (Å²) in [5.74, 6) is -0.461. The smallest absolute Gasteiger partial charge is 0.311 e. The van der Waals surface area contributed by atoms with Gasteiger partial charge >= 0.3 is 11.9 Å². The molecule has 0 bridgehead atoms. The van der Waals surface area contributed by atoms with Crippen LogP contribution in [0.25, 0.3) is 0 Å². The summed E-state index contributed by atoms with van der Waals surface area (Å²) in [6, 6.07) is 0. The van der Waals surface area contributed by atoms with Crippen molar-refractivity contribution in [1.82, 2.24) is 0 Å². The molecule has 1 heterocycles. The lowest BCUT2D eigenvalue weighted by Crippen LogP contribution is -2.43. The SMILES string of the molecule is [2H]C([2H])([2H])C(C)(CC)C(=O)O[C@H]1C[C@@H](C)C=C2C=C[C@H](C)[C@H](CC[C@@H]3C[C@@H](O)CC(=O)O3)[C@@H]21. The average molecular weight is 422 g/mol. The van der Waals surface area contributed by atoms with Crippen molar-refractivity contribution < 1.29 is 28.3 Å². The topological polar surface area (TPSA) is 72.8 Å². The zero-order valence-corrected chi connectivity index (χ0v) is 18.6. The maximum atomic E-state index is 13.2. The van der Waals surface area contributed by atoms with Crippen molar-refractivity contribution in [3.63, 3.8) is 0 Å². The molecule has 1 aliphatic heterocycles. The number of aliphatic hydroxyl groups is 1. The van der Waals surface area contributed by atoms with Crippen molar-refractivity contribution in [3.8, 4) is 0 Å². The third kappa shape index (κ3) is 5.16. The van der Waals surface area contributed by atoms with Crippen molar-refractivity contribution in [2.75, 3.05) is 0 Å². The van der Waals surface area contributed by atoms with Crippen LogP contribution in [0.3, 0.4) is 0 Å². The van der Waals surface area contributed by atoms with Gasteiger partial charge in [-0.15, -0.1) is 0 Å². The molecule has 3 aliphatic rings. The van der Waals surface area contributed by atoms with Crippen LogP contribution in [0, 0.1) is 29.1 Å². The largest absolute Gasteiger partial charge is 0.462 e. The fraction of sp³-hybridized carbons (Fsp3) is 0.760. The molecule has 1 N–H and O–H groups in total. The molecule has 0 radical (unpaired) electrons. The molecule has 0 aromatic heterocycles. The molecule has 1 saturated heterocycles. The number of rotatable bonds is 6. The highest BCUT2D eigenvalue weighted by atomic mass is 16.6. The first-order valence-corrected chi connectivity index (χ1v) is 11.3. The average Bonchev–Trinajstić information content (AvgIpc) is 2.70. The van der Waals surface area contributed by atoms with Crippen LogP contribution < -0.4 is 0 Å². The minimum Gasteiger partial charge on any atom is -0.462 e. The Labute approximate surface area is 185 Å². The molecule has 1 fully saturated rings. The number of aliphatic hydroxyl groups excluding tert-OH is 1. The van der Waals surface area contributed by atoms with Gasteiger partial charge in [0.2, 0.25) is 0 Å². The van der Waals surface area contributed by atoms with Gasteiger partial charge in [0, 0.05) is 16.5 Å². The number of hydrogen-bond acceptors (Lipinski definition) is 5. The molecule has 2 aliphatic carbocycles. The molecule has 3 rings (SSSR count). The number of hydrogen-bond donors (Lipinski definition) is 1. The van der Waals surface area contributed by atoms with Crippen LogP contribution in [0.1, 0.15) is 77.2 Å². The first-order valence-electron chi connectivity index (χ1n) is 12.8. The predicted octanol–water partition coefficient (Wildman–Crippen LogP) is 4.59. The first-order chi connectivity index (χ1) is 15.4. The standard InChI is InChI=1S/C25H38O5/c1-6-25(4,5)24(28)30-21-12-15(2)11-17-8-7-16(3)20(23(17)21)10-9-19-13-18(26)14-22(27)29-19/h7-8,11,15-16,18-21,23,26H,6,9-10,12-14H2,1-5H3/t15-,16-,18+,19+,20-,21-,23+/m0/s1/i4D3/t15-,16-,18+,19+,20-,21-,23+,25?. The second kappa shape index (κ2) is 9.25. The Morgan fingerprint density at radius 1 is 1.37 bits per heavy atom. The summed E-state index contributed by atoms with van der Waals surface area (Å²) < 4.78 is 35.1. The predicted molar refractivity (Wildman–Crippen MR) is 115 cm³/mol. The second-order valence-electron chi connectivity index (χ2n) is 9.70. The van der Waals surface area contributed by atoms with E-state index >= 15 is 0 Å². The van der Waals surface area contributed by atoms with Crippen LogP contribution in [0.5, 0.6) is 0 Å². The molecule has 0 saturated carbocycles. The Hall–Kier alpha value is -1.62. The summed E-state index contributed by atoms with van der Waals surface area (Å²) in [4.78, 5) is 24.9. The van der Waals surface area contributed by atoms with Crippen molar-refractivity contribution in [2.45, 2.75) is 91.4 Å². The number of allylic oxidation sites excluding steroid dienone is 3. The van der Waals surface area contributed by atoms with Crippen LogP contribution in [0.2, 0.25) is 0 Å². The number of ether oxygens (including phenoxy) is 2. The molecule has 168 valence electrons. The van der Waals surface area contributed by atoms with E-state index in [4.69, 9.17) is 13.6 Å². The molecular weight excluding hydrogens is 380 g/mol. The van der Waals surface area contributed by atoms with E-state index in [9.17, 15) is 14.7 Å². The molecule has 5 nitrogen and oxygen atoms in total. The van der Waals surface area contributed by atoms with Gasteiger partial charge in [0.15, 0.2) is 0 Å². The molecular formula is C25H38O5. The number of cyclic esters (lactones) is 1. The van der Waals surface area contributed by atoms with E-state index in [-0.39, 0.29) is 48.6 Å². The lowest BCUT2D eigenvalue weighted by atomic mass is 9.65. The van der Waals surface area contributed by atoms with E-state index in [0.29, 0.717) is 19.3 Å². The molecule has 30 heavy (non-hydrogen) atoms. The van der Waals surface area contributed by atoms with E-state index in [2.05, 4.69) is 32.1 Å². The van der Waals surface area contributed by atoms with Crippen molar-refractivity contribution >= 4 is 11.9 Å². The third-order valence-electron chi connectivity index (χ3n) is 7.07. The van der Waals surface area contributed by atoms with Gasteiger partial charge in [-0.1, -0.05) is 39.0 Å². The highest BCUT2D eigenvalue weighted by Gasteiger charge is 2.43. The Balaban J connectivity index is 1.80. The summed E-state index contributed by atoms with van der Waals surface area (Å²) in [5, 5.41) is 9.94. The number of carbonyl (C=O) groups is 2. The van der Waals surface area contributed by atoms with Gasteiger partial charge < -0.3 is 14.6 Å². The maximum Gasteiger partial charge on any atom is 0.311 e. The number of esters is 2. The summed E-state index contributed by atoms with van der Waals surface area (Å²) in [6.45, 7) is 4.94. The van der Waals surface area contributed by atoms with E-state index in [1.807, 2.05) is 0 Å². The van der Waals surface area contributed by atoms with Gasteiger partial charge in [-0.3, -0.25) is 9.59 Å². The summed E-state index contributed by atoms with van der Waals surface area (Å²) in [7, 11) is 0. The van der Waals surface area contributed by atoms with Gasteiger partial charge in [0.25, 0.3) is 0 Å². The Morgan fingerprint density at radius 3 is 2.80 bits per heavy atom.